The van der Waals surface area contributed by atoms with Crippen molar-refractivity contribution in [1.82, 2.24) is 0 Å². The zero-order chi connectivity index (χ0) is 16.5. The van der Waals surface area contributed by atoms with Crippen LogP contribution in [-0.4, -0.2) is 30.9 Å². The van der Waals surface area contributed by atoms with E-state index in [4.69, 9.17) is 19.3 Å². The molecule has 5 nitrogen and oxygen atoms in total. The Labute approximate surface area is 131 Å². The molecular formula is C17H24O5. The number of hydrogen-bond acceptors (Lipinski definition) is 4. The molecular weight excluding hydrogens is 284 g/mol. The van der Waals surface area contributed by atoms with E-state index in [-0.39, 0.29) is 0 Å². The molecule has 0 fully saturated rings. The third kappa shape index (κ3) is 4.41. The number of carboxylic acid groups (broad SMARTS) is 1. The average Bonchev–Trinajstić information content (AvgIpc) is 2.48. The van der Waals surface area contributed by atoms with Gasteiger partial charge in [-0.1, -0.05) is 6.92 Å². The normalized spacial score (nSPS) is 11.2. The van der Waals surface area contributed by atoms with Gasteiger partial charge in [0.2, 0.25) is 5.75 Å². The maximum absolute atomic E-state index is 11.0. The van der Waals surface area contributed by atoms with Crippen LogP contribution in [0.15, 0.2) is 18.2 Å². The highest BCUT2D eigenvalue weighted by molar-refractivity contribution is 5.91. The Morgan fingerprint density at radius 3 is 2.09 bits per heavy atom. The minimum atomic E-state index is -0.980. The van der Waals surface area contributed by atoms with E-state index in [0.29, 0.717) is 49.1 Å². The van der Waals surface area contributed by atoms with E-state index >= 15 is 0 Å². The summed E-state index contributed by atoms with van der Waals surface area (Å²) in [6.07, 6.45) is 1.78. The molecule has 5 heteroatoms. The van der Waals surface area contributed by atoms with E-state index in [2.05, 4.69) is 0 Å². The SMILES string of the molecule is CCOc1ccc(/C(=C/C(=O)O)CC)c(OCC)c1OCC. The first kappa shape index (κ1) is 17.9. The Bertz CT molecular complexity index is 534. The molecule has 0 aliphatic carbocycles. The van der Waals surface area contributed by atoms with Crippen LogP contribution in [0.4, 0.5) is 0 Å². The fraction of sp³-hybridized carbons (Fsp3) is 0.471. The molecule has 0 unspecified atom stereocenters. The zero-order valence-electron chi connectivity index (χ0n) is 13.6. The Hall–Kier alpha value is -2.17. The first-order chi connectivity index (χ1) is 10.6. The maximum atomic E-state index is 11.0. The number of hydrogen-bond donors (Lipinski definition) is 1. The van der Waals surface area contributed by atoms with E-state index in [9.17, 15) is 4.79 Å². The molecule has 0 saturated carbocycles. The van der Waals surface area contributed by atoms with Crippen molar-refractivity contribution in [2.75, 3.05) is 19.8 Å². The van der Waals surface area contributed by atoms with Crippen LogP contribution in [0.25, 0.3) is 5.57 Å². The average molecular weight is 308 g/mol. The second-order valence-corrected chi connectivity index (χ2v) is 4.43. The molecule has 0 aromatic heterocycles. The van der Waals surface area contributed by atoms with Gasteiger partial charge in [-0.15, -0.1) is 0 Å². The molecule has 122 valence electrons. The number of carbonyl (C=O) groups is 1. The Kier molecular flexibility index (Phi) is 7.29. The van der Waals surface area contributed by atoms with Crippen molar-refractivity contribution in [2.45, 2.75) is 34.1 Å². The summed E-state index contributed by atoms with van der Waals surface area (Å²) in [4.78, 5) is 11.0. The van der Waals surface area contributed by atoms with Crippen molar-refractivity contribution < 1.29 is 24.1 Å². The predicted octanol–water partition coefficient (Wildman–Crippen LogP) is 3.76. The number of benzene rings is 1. The summed E-state index contributed by atoms with van der Waals surface area (Å²) >= 11 is 0. The minimum absolute atomic E-state index is 0.451. The standard InChI is InChI=1S/C17H24O5/c1-5-12(11-15(18)19)13-9-10-14(20-6-2)17(22-8-4)16(13)21-7-3/h9-11H,5-8H2,1-4H3,(H,18,19)/b12-11+. The van der Waals surface area contributed by atoms with Crippen LogP contribution < -0.4 is 14.2 Å². The van der Waals surface area contributed by atoms with Gasteiger partial charge in [0.1, 0.15) is 0 Å². The van der Waals surface area contributed by atoms with Gasteiger partial charge in [0, 0.05) is 11.6 Å². The second-order valence-electron chi connectivity index (χ2n) is 4.43. The molecule has 1 aromatic carbocycles. The first-order valence-electron chi connectivity index (χ1n) is 7.58. The maximum Gasteiger partial charge on any atom is 0.328 e. The molecule has 0 aliphatic heterocycles. The number of ether oxygens (including phenoxy) is 3. The summed E-state index contributed by atoms with van der Waals surface area (Å²) < 4.78 is 17.0. The molecule has 0 bridgehead atoms. The van der Waals surface area contributed by atoms with Crippen molar-refractivity contribution in [1.29, 1.82) is 0 Å². The molecule has 0 atom stereocenters. The molecule has 0 spiro atoms. The van der Waals surface area contributed by atoms with Gasteiger partial charge in [0.05, 0.1) is 19.8 Å². The Balaban J connectivity index is 3.49. The topological polar surface area (TPSA) is 65.0 Å². The van der Waals surface area contributed by atoms with Crippen molar-refractivity contribution in [3.63, 3.8) is 0 Å². The molecule has 0 amide bonds. The summed E-state index contributed by atoms with van der Waals surface area (Å²) in [5.74, 6) is 0.673. The zero-order valence-corrected chi connectivity index (χ0v) is 13.6. The van der Waals surface area contributed by atoms with E-state index in [1.54, 1.807) is 6.07 Å². The van der Waals surface area contributed by atoms with Crippen molar-refractivity contribution in [2.24, 2.45) is 0 Å². The summed E-state index contributed by atoms with van der Waals surface area (Å²) in [6.45, 7) is 8.98. The number of rotatable bonds is 9. The minimum Gasteiger partial charge on any atom is -0.490 e. The van der Waals surface area contributed by atoms with Crippen LogP contribution in [0.2, 0.25) is 0 Å². The molecule has 1 N–H and O–H groups in total. The van der Waals surface area contributed by atoms with Gasteiger partial charge in [0.15, 0.2) is 11.5 Å². The molecule has 0 heterocycles. The van der Waals surface area contributed by atoms with E-state index in [1.165, 1.54) is 6.08 Å². The highest BCUT2D eigenvalue weighted by Gasteiger charge is 2.19. The van der Waals surface area contributed by atoms with Crippen molar-refractivity contribution in [3.05, 3.63) is 23.8 Å². The predicted molar refractivity (Wildman–Crippen MR) is 85.9 cm³/mol. The van der Waals surface area contributed by atoms with Crippen LogP contribution in [0.1, 0.15) is 39.7 Å². The summed E-state index contributed by atoms with van der Waals surface area (Å²) in [5, 5.41) is 9.04. The molecule has 1 aromatic rings. The third-order valence-corrected chi connectivity index (χ3v) is 2.98. The second kappa shape index (κ2) is 8.97. The molecule has 0 aliphatic rings. The number of aliphatic carboxylic acids is 1. The summed E-state index contributed by atoms with van der Waals surface area (Å²) in [7, 11) is 0. The van der Waals surface area contributed by atoms with Crippen LogP contribution in [-0.2, 0) is 4.79 Å². The lowest BCUT2D eigenvalue weighted by atomic mass is 10.0. The Morgan fingerprint density at radius 1 is 1.00 bits per heavy atom. The smallest absolute Gasteiger partial charge is 0.328 e. The molecule has 1 rings (SSSR count). The van der Waals surface area contributed by atoms with Gasteiger partial charge in [-0.2, -0.15) is 0 Å². The summed E-state index contributed by atoms with van der Waals surface area (Å²) in [5.41, 5.74) is 1.40. The fourth-order valence-corrected chi connectivity index (χ4v) is 2.15. The molecule has 0 radical (unpaired) electrons. The molecule has 22 heavy (non-hydrogen) atoms. The van der Waals surface area contributed by atoms with E-state index in [1.807, 2.05) is 33.8 Å². The highest BCUT2D eigenvalue weighted by atomic mass is 16.5. The van der Waals surface area contributed by atoms with Gasteiger partial charge in [0.25, 0.3) is 0 Å². The van der Waals surface area contributed by atoms with Crippen LogP contribution in [0.3, 0.4) is 0 Å². The van der Waals surface area contributed by atoms with E-state index < -0.39 is 5.97 Å². The van der Waals surface area contributed by atoms with Crippen molar-refractivity contribution in [3.8, 4) is 17.2 Å². The van der Waals surface area contributed by atoms with Crippen LogP contribution >= 0.6 is 0 Å². The van der Waals surface area contributed by atoms with Gasteiger partial charge in [-0.3, -0.25) is 0 Å². The third-order valence-electron chi connectivity index (χ3n) is 2.98. The lowest BCUT2D eigenvalue weighted by Crippen LogP contribution is -2.05. The summed E-state index contributed by atoms with van der Waals surface area (Å²) in [6, 6.07) is 3.61. The fourth-order valence-electron chi connectivity index (χ4n) is 2.15. The quantitative estimate of drug-likeness (QED) is 0.704. The first-order valence-corrected chi connectivity index (χ1v) is 7.58. The number of carboxylic acids is 1. The number of allylic oxidation sites excluding steroid dienone is 1. The lowest BCUT2D eigenvalue weighted by Gasteiger charge is -2.19. The lowest BCUT2D eigenvalue weighted by molar-refractivity contribution is -0.131. The Morgan fingerprint density at radius 2 is 1.59 bits per heavy atom. The van der Waals surface area contributed by atoms with Crippen molar-refractivity contribution >= 4 is 11.5 Å². The van der Waals surface area contributed by atoms with Gasteiger partial charge < -0.3 is 19.3 Å². The van der Waals surface area contributed by atoms with Gasteiger partial charge in [-0.05, 0) is 44.9 Å². The van der Waals surface area contributed by atoms with Crippen LogP contribution in [0.5, 0.6) is 17.2 Å². The monoisotopic (exact) mass is 308 g/mol. The highest BCUT2D eigenvalue weighted by Crippen LogP contribution is 2.43. The largest absolute Gasteiger partial charge is 0.490 e. The van der Waals surface area contributed by atoms with Crippen LogP contribution in [0, 0.1) is 0 Å². The van der Waals surface area contributed by atoms with Gasteiger partial charge in [-0.25, -0.2) is 4.79 Å². The van der Waals surface area contributed by atoms with E-state index in [0.717, 1.165) is 5.56 Å². The molecule has 0 saturated heterocycles. The van der Waals surface area contributed by atoms with Gasteiger partial charge >= 0.3 is 5.97 Å².